The molecule has 0 saturated heterocycles. The van der Waals surface area contributed by atoms with Crippen molar-refractivity contribution in [3.05, 3.63) is 59.1 Å². The second-order valence-corrected chi connectivity index (χ2v) is 6.60. The van der Waals surface area contributed by atoms with Crippen LogP contribution < -0.4 is 10.1 Å². The van der Waals surface area contributed by atoms with Gasteiger partial charge in [0.2, 0.25) is 0 Å². The lowest BCUT2D eigenvalue weighted by molar-refractivity contribution is -0.153. The molecule has 0 aliphatic rings. The van der Waals surface area contributed by atoms with Crippen LogP contribution in [0.25, 0.3) is 0 Å². The van der Waals surface area contributed by atoms with Gasteiger partial charge in [0.05, 0.1) is 6.61 Å². The first kappa shape index (κ1) is 21.4. The van der Waals surface area contributed by atoms with Crippen LogP contribution in [-0.2, 0) is 14.3 Å². The van der Waals surface area contributed by atoms with Crippen molar-refractivity contribution in [2.75, 3.05) is 11.9 Å². The second-order valence-electron chi connectivity index (χ2n) is 6.16. The van der Waals surface area contributed by atoms with Gasteiger partial charge in [-0.05, 0) is 68.8 Å². The number of amides is 1. The minimum Gasteiger partial charge on any atom is -0.494 e. The van der Waals surface area contributed by atoms with Crippen molar-refractivity contribution in [1.29, 1.82) is 0 Å². The lowest BCUT2D eigenvalue weighted by atomic mass is 10.1. The Bertz CT molecular complexity index is 818. The van der Waals surface area contributed by atoms with Crippen LogP contribution in [0.1, 0.15) is 37.0 Å². The highest BCUT2D eigenvalue weighted by atomic mass is 35.5. The standard InChI is InChI=1S/C21H22ClNO5/c1-14(24)16-5-11-19(12-6-16)27-13-3-4-20(25)28-15(2)21(26)23-18-9-7-17(22)8-10-18/h5-12,15H,3-4,13H2,1-2H3,(H,23,26)/t15-/m1/s1. The quantitative estimate of drug-likeness (QED) is 0.384. The van der Waals surface area contributed by atoms with Gasteiger partial charge in [-0.15, -0.1) is 0 Å². The zero-order chi connectivity index (χ0) is 20.5. The summed E-state index contributed by atoms with van der Waals surface area (Å²) in [6, 6.07) is 13.4. The Morgan fingerprint density at radius 1 is 1.04 bits per heavy atom. The number of hydrogen-bond acceptors (Lipinski definition) is 5. The number of Topliss-reactive ketones (excluding diaryl/α,β-unsaturated/α-hetero) is 1. The summed E-state index contributed by atoms with van der Waals surface area (Å²) < 4.78 is 10.7. The van der Waals surface area contributed by atoms with Gasteiger partial charge in [0.25, 0.3) is 5.91 Å². The van der Waals surface area contributed by atoms with E-state index in [9.17, 15) is 14.4 Å². The van der Waals surface area contributed by atoms with E-state index in [1.807, 2.05) is 0 Å². The molecule has 6 nitrogen and oxygen atoms in total. The minimum absolute atomic E-state index is 0.0106. The van der Waals surface area contributed by atoms with Crippen LogP contribution in [0.5, 0.6) is 5.75 Å². The molecule has 0 heterocycles. The molecule has 1 N–H and O–H groups in total. The predicted molar refractivity (Wildman–Crippen MR) is 107 cm³/mol. The Morgan fingerprint density at radius 3 is 2.29 bits per heavy atom. The van der Waals surface area contributed by atoms with Crippen molar-refractivity contribution in [3.8, 4) is 5.75 Å². The summed E-state index contributed by atoms with van der Waals surface area (Å²) in [5.41, 5.74) is 1.18. The molecule has 2 aromatic carbocycles. The van der Waals surface area contributed by atoms with E-state index in [1.165, 1.54) is 13.8 Å². The molecule has 2 rings (SSSR count). The van der Waals surface area contributed by atoms with E-state index in [2.05, 4.69) is 5.32 Å². The lowest BCUT2D eigenvalue weighted by Crippen LogP contribution is -2.30. The summed E-state index contributed by atoms with van der Waals surface area (Å²) in [7, 11) is 0. The van der Waals surface area contributed by atoms with E-state index in [0.29, 0.717) is 35.1 Å². The van der Waals surface area contributed by atoms with Crippen LogP contribution >= 0.6 is 11.6 Å². The van der Waals surface area contributed by atoms with E-state index in [0.717, 1.165) is 0 Å². The van der Waals surface area contributed by atoms with Gasteiger partial charge in [0.15, 0.2) is 11.9 Å². The summed E-state index contributed by atoms with van der Waals surface area (Å²) in [6.07, 6.45) is -0.341. The number of esters is 1. The van der Waals surface area contributed by atoms with Crippen LogP contribution in [0, 0.1) is 0 Å². The molecule has 0 radical (unpaired) electrons. The number of ether oxygens (including phenoxy) is 2. The first-order valence-corrected chi connectivity index (χ1v) is 9.22. The summed E-state index contributed by atoms with van der Waals surface area (Å²) in [5, 5.41) is 3.22. The van der Waals surface area contributed by atoms with Crippen LogP contribution in [0.3, 0.4) is 0 Å². The van der Waals surface area contributed by atoms with Gasteiger partial charge in [-0.3, -0.25) is 14.4 Å². The number of benzene rings is 2. The Kier molecular flexibility index (Phi) is 8.02. The van der Waals surface area contributed by atoms with E-state index in [1.54, 1.807) is 48.5 Å². The molecule has 0 saturated carbocycles. The molecule has 148 valence electrons. The van der Waals surface area contributed by atoms with Gasteiger partial charge in [0, 0.05) is 22.7 Å². The smallest absolute Gasteiger partial charge is 0.306 e. The molecule has 0 aliphatic carbocycles. The molecule has 0 spiro atoms. The average Bonchev–Trinajstić information content (AvgIpc) is 2.67. The maximum atomic E-state index is 12.1. The highest BCUT2D eigenvalue weighted by Gasteiger charge is 2.17. The molecule has 0 aliphatic heterocycles. The number of anilines is 1. The molecule has 0 aromatic heterocycles. The second kappa shape index (κ2) is 10.5. The number of carbonyl (C=O) groups is 3. The zero-order valence-electron chi connectivity index (χ0n) is 15.7. The highest BCUT2D eigenvalue weighted by Crippen LogP contribution is 2.15. The van der Waals surface area contributed by atoms with E-state index < -0.39 is 18.0 Å². The third-order valence-electron chi connectivity index (χ3n) is 3.84. The third-order valence-corrected chi connectivity index (χ3v) is 4.10. The van der Waals surface area contributed by atoms with Gasteiger partial charge < -0.3 is 14.8 Å². The van der Waals surface area contributed by atoms with E-state index in [-0.39, 0.29) is 12.2 Å². The third kappa shape index (κ3) is 7.04. The van der Waals surface area contributed by atoms with Crippen molar-refractivity contribution >= 4 is 34.9 Å². The van der Waals surface area contributed by atoms with Crippen LogP contribution in [0.4, 0.5) is 5.69 Å². The monoisotopic (exact) mass is 403 g/mol. The molecule has 7 heteroatoms. The fourth-order valence-corrected chi connectivity index (χ4v) is 2.41. The molecule has 0 fully saturated rings. The average molecular weight is 404 g/mol. The lowest BCUT2D eigenvalue weighted by Gasteiger charge is -2.13. The Morgan fingerprint density at radius 2 is 1.68 bits per heavy atom. The molecule has 0 unspecified atom stereocenters. The molecule has 2 aromatic rings. The molecular formula is C21H22ClNO5. The molecule has 1 atom stereocenters. The minimum atomic E-state index is -0.914. The Hall–Kier alpha value is -2.86. The van der Waals surface area contributed by atoms with Crippen LogP contribution in [0.15, 0.2) is 48.5 Å². The zero-order valence-corrected chi connectivity index (χ0v) is 16.5. The van der Waals surface area contributed by atoms with Crippen LogP contribution in [0.2, 0.25) is 5.02 Å². The molecule has 1 amide bonds. The Labute approximate surface area is 168 Å². The van der Waals surface area contributed by atoms with Crippen molar-refractivity contribution < 1.29 is 23.9 Å². The number of ketones is 1. The Balaban J connectivity index is 1.67. The predicted octanol–water partition coefficient (Wildman–Crippen LogP) is 4.27. The van der Waals surface area contributed by atoms with Gasteiger partial charge in [0.1, 0.15) is 5.75 Å². The maximum absolute atomic E-state index is 12.1. The van der Waals surface area contributed by atoms with Crippen molar-refractivity contribution in [2.45, 2.75) is 32.8 Å². The normalized spacial score (nSPS) is 11.4. The molecule has 28 heavy (non-hydrogen) atoms. The van der Waals surface area contributed by atoms with Crippen molar-refractivity contribution in [3.63, 3.8) is 0 Å². The maximum Gasteiger partial charge on any atom is 0.306 e. The summed E-state index contributed by atoms with van der Waals surface area (Å²) >= 11 is 5.79. The number of halogens is 1. The number of rotatable bonds is 9. The van der Waals surface area contributed by atoms with Gasteiger partial charge in [-0.1, -0.05) is 11.6 Å². The summed E-state index contributed by atoms with van der Waals surface area (Å²) in [4.78, 5) is 35.1. The van der Waals surface area contributed by atoms with E-state index in [4.69, 9.17) is 21.1 Å². The fraction of sp³-hybridized carbons (Fsp3) is 0.286. The SMILES string of the molecule is CC(=O)c1ccc(OCCCC(=O)O[C@H](C)C(=O)Nc2ccc(Cl)cc2)cc1. The number of hydrogen-bond donors (Lipinski definition) is 1. The topological polar surface area (TPSA) is 81.7 Å². The van der Waals surface area contributed by atoms with Crippen molar-refractivity contribution in [1.82, 2.24) is 0 Å². The van der Waals surface area contributed by atoms with Crippen LogP contribution in [-0.4, -0.2) is 30.4 Å². The van der Waals surface area contributed by atoms with Crippen molar-refractivity contribution in [2.24, 2.45) is 0 Å². The first-order chi connectivity index (χ1) is 13.3. The molecule has 0 bridgehead atoms. The largest absolute Gasteiger partial charge is 0.494 e. The summed E-state index contributed by atoms with van der Waals surface area (Å²) in [5.74, 6) is -0.288. The van der Waals surface area contributed by atoms with E-state index >= 15 is 0 Å². The highest BCUT2D eigenvalue weighted by molar-refractivity contribution is 6.30. The first-order valence-electron chi connectivity index (χ1n) is 8.85. The summed E-state index contributed by atoms with van der Waals surface area (Å²) in [6.45, 7) is 3.33. The van der Waals surface area contributed by atoms with Gasteiger partial charge in [-0.25, -0.2) is 0 Å². The van der Waals surface area contributed by atoms with Gasteiger partial charge >= 0.3 is 5.97 Å². The molecular weight excluding hydrogens is 382 g/mol. The van der Waals surface area contributed by atoms with Gasteiger partial charge in [-0.2, -0.15) is 0 Å². The number of nitrogens with one attached hydrogen (secondary N) is 1. The number of carbonyl (C=O) groups excluding carboxylic acids is 3. The fourth-order valence-electron chi connectivity index (χ4n) is 2.28.